The zero-order chi connectivity index (χ0) is 12.8. The van der Waals surface area contributed by atoms with Gasteiger partial charge in [-0.2, -0.15) is 5.26 Å². The van der Waals surface area contributed by atoms with E-state index in [-0.39, 0.29) is 18.4 Å². The van der Waals surface area contributed by atoms with E-state index in [1.807, 2.05) is 13.0 Å². The van der Waals surface area contributed by atoms with Crippen molar-refractivity contribution < 1.29 is 4.79 Å². The summed E-state index contributed by atoms with van der Waals surface area (Å²) in [5.74, 6) is -0.210. The summed E-state index contributed by atoms with van der Waals surface area (Å²) in [6.45, 7) is 1.91. The number of halogens is 1. The van der Waals surface area contributed by atoms with Crippen LogP contribution in [0.5, 0.6) is 0 Å². The highest BCUT2D eigenvalue weighted by atomic mass is 35.5. The van der Waals surface area contributed by atoms with Gasteiger partial charge in [-0.1, -0.05) is 18.5 Å². The maximum atomic E-state index is 11.6. The number of anilines is 1. The minimum Gasteiger partial charge on any atom is -0.327 e. The monoisotopic (exact) mass is 251 g/mol. The number of nitriles is 1. The van der Waals surface area contributed by atoms with Gasteiger partial charge in [-0.25, -0.2) is 0 Å². The SMILES string of the molecule is CCC(N)CC(=O)Nc1cc(Cl)ccc1C#N. The molecule has 1 atom stereocenters. The molecule has 1 aromatic carbocycles. The van der Waals surface area contributed by atoms with Gasteiger partial charge in [0.25, 0.3) is 0 Å². The molecule has 0 heterocycles. The number of hydrogen-bond acceptors (Lipinski definition) is 3. The fraction of sp³-hybridized carbons (Fsp3) is 0.333. The summed E-state index contributed by atoms with van der Waals surface area (Å²) in [5, 5.41) is 12.0. The van der Waals surface area contributed by atoms with Gasteiger partial charge in [0, 0.05) is 17.5 Å². The minimum atomic E-state index is -0.210. The third-order valence-corrected chi connectivity index (χ3v) is 2.58. The average Bonchev–Trinajstić information content (AvgIpc) is 2.29. The predicted molar refractivity (Wildman–Crippen MR) is 67.7 cm³/mol. The van der Waals surface area contributed by atoms with Gasteiger partial charge in [0.1, 0.15) is 6.07 Å². The zero-order valence-electron chi connectivity index (χ0n) is 9.53. The Hall–Kier alpha value is -1.57. The van der Waals surface area contributed by atoms with E-state index in [0.717, 1.165) is 6.42 Å². The van der Waals surface area contributed by atoms with Gasteiger partial charge in [-0.15, -0.1) is 0 Å². The summed E-state index contributed by atoms with van der Waals surface area (Å²) in [5.41, 5.74) is 6.48. The molecule has 1 aromatic rings. The van der Waals surface area contributed by atoms with Crippen LogP contribution in [0, 0.1) is 11.3 Å². The standard InChI is InChI=1S/C12H14ClN3O/c1-2-10(15)6-12(17)16-11-5-9(13)4-3-8(11)7-14/h3-5,10H,2,6,15H2,1H3,(H,16,17). The van der Waals surface area contributed by atoms with E-state index >= 15 is 0 Å². The first-order valence-corrected chi connectivity index (χ1v) is 5.69. The lowest BCUT2D eigenvalue weighted by Crippen LogP contribution is -2.26. The van der Waals surface area contributed by atoms with Crippen molar-refractivity contribution in [3.63, 3.8) is 0 Å². The van der Waals surface area contributed by atoms with E-state index in [2.05, 4.69) is 5.32 Å². The number of nitrogens with one attached hydrogen (secondary N) is 1. The lowest BCUT2D eigenvalue weighted by Gasteiger charge is -2.10. The highest BCUT2D eigenvalue weighted by molar-refractivity contribution is 6.31. The van der Waals surface area contributed by atoms with Crippen LogP contribution in [0.1, 0.15) is 25.3 Å². The van der Waals surface area contributed by atoms with Crippen LogP contribution in [0.4, 0.5) is 5.69 Å². The highest BCUT2D eigenvalue weighted by Gasteiger charge is 2.10. The molecule has 0 fully saturated rings. The summed E-state index contributed by atoms with van der Waals surface area (Å²) in [4.78, 5) is 11.6. The van der Waals surface area contributed by atoms with Crippen LogP contribution in [0.25, 0.3) is 0 Å². The van der Waals surface area contributed by atoms with Crippen LogP contribution in [-0.2, 0) is 4.79 Å². The van der Waals surface area contributed by atoms with Gasteiger partial charge in [-0.05, 0) is 24.6 Å². The molecule has 4 nitrogen and oxygen atoms in total. The Morgan fingerprint density at radius 3 is 2.94 bits per heavy atom. The van der Waals surface area contributed by atoms with Gasteiger partial charge in [0.05, 0.1) is 11.3 Å². The molecule has 0 aliphatic carbocycles. The van der Waals surface area contributed by atoms with E-state index < -0.39 is 0 Å². The van der Waals surface area contributed by atoms with Crippen molar-refractivity contribution in [3.8, 4) is 6.07 Å². The molecule has 17 heavy (non-hydrogen) atoms. The molecule has 0 aromatic heterocycles. The van der Waals surface area contributed by atoms with Crippen LogP contribution in [0.3, 0.4) is 0 Å². The third kappa shape index (κ3) is 4.06. The predicted octanol–water partition coefficient (Wildman–Crippen LogP) is 2.28. The van der Waals surface area contributed by atoms with Crippen molar-refractivity contribution in [2.75, 3.05) is 5.32 Å². The van der Waals surface area contributed by atoms with Gasteiger partial charge in [0.2, 0.25) is 5.91 Å². The van der Waals surface area contributed by atoms with Crippen molar-refractivity contribution in [1.82, 2.24) is 0 Å². The second-order valence-electron chi connectivity index (χ2n) is 3.72. The van der Waals surface area contributed by atoms with Crippen molar-refractivity contribution >= 4 is 23.2 Å². The van der Waals surface area contributed by atoms with Crippen molar-refractivity contribution in [2.24, 2.45) is 5.73 Å². The molecule has 1 rings (SSSR count). The Balaban J connectivity index is 2.77. The quantitative estimate of drug-likeness (QED) is 0.862. The Labute approximate surface area is 105 Å². The third-order valence-electron chi connectivity index (χ3n) is 2.35. The number of carbonyl (C=O) groups is 1. The fourth-order valence-corrected chi connectivity index (χ4v) is 1.47. The lowest BCUT2D eigenvalue weighted by atomic mass is 10.1. The lowest BCUT2D eigenvalue weighted by molar-refractivity contribution is -0.116. The normalized spacial score (nSPS) is 11.6. The summed E-state index contributed by atoms with van der Waals surface area (Å²) < 4.78 is 0. The maximum Gasteiger partial charge on any atom is 0.225 e. The summed E-state index contributed by atoms with van der Waals surface area (Å²) in [7, 11) is 0. The summed E-state index contributed by atoms with van der Waals surface area (Å²) in [6, 6.07) is 6.55. The van der Waals surface area contributed by atoms with Crippen LogP contribution in [0.15, 0.2) is 18.2 Å². The topological polar surface area (TPSA) is 78.9 Å². The minimum absolute atomic E-state index is 0.167. The Bertz CT molecular complexity index is 454. The van der Waals surface area contributed by atoms with Crippen LogP contribution in [-0.4, -0.2) is 11.9 Å². The molecule has 0 radical (unpaired) electrons. The molecule has 0 aliphatic rings. The zero-order valence-corrected chi connectivity index (χ0v) is 10.3. The molecule has 0 aliphatic heterocycles. The second kappa shape index (κ2) is 6.24. The number of nitrogens with two attached hydrogens (primary N) is 1. The number of rotatable bonds is 4. The Kier molecular flexibility index (Phi) is 4.95. The Morgan fingerprint density at radius 1 is 1.65 bits per heavy atom. The first kappa shape index (κ1) is 13.5. The molecule has 1 unspecified atom stereocenters. The molecule has 0 bridgehead atoms. The van der Waals surface area contributed by atoms with Gasteiger partial charge in [0.15, 0.2) is 0 Å². The van der Waals surface area contributed by atoms with Crippen LogP contribution < -0.4 is 11.1 Å². The number of hydrogen-bond donors (Lipinski definition) is 2. The van der Waals surface area contributed by atoms with Crippen molar-refractivity contribution in [1.29, 1.82) is 5.26 Å². The smallest absolute Gasteiger partial charge is 0.225 e. The molecule has 5 heteroatoms. The first-order chi connectivity index (χ1) is 8.06. The molecule has 0 saturated heterocycles. The summed E-state index contributed by atoms with van der Waals surface area (Å²) in [6.07, 6.45) is 0.960. The summed E-state index contributed by atoms with van der Waals surface area (Å²) >= 11 is 5.80. The highest BCUT2D eigenvalue weighted by Crippen LogP contribution is 2.20. The number of amides is 1. The molecule has 3 N–H and O–H groups in total. The number of benzene rings is 1. The van der Waals surface area contributed by atoms with Crippen molar-refractivity contribution in [3.05, 3.63) is 28.8 Å². The molecular weight excluding hydrogens is 238 g/mol. The molecule has 1 amide bonds. The largest absolute Gasteiger partial charge is 0.327 e. The van der Waals surface area contributed by atoms with E-state index in [1.165, 1.54) is 0 Å². The maximum absolute atomic E-state index is 11.6. The average molecular weight is 252 g/mol. The molecule has 0 saturated carbocycles. The Morgan fingerprint density at radius 2 is 2.35 bits per heavy atom. The van der Waals surface area contributed by atoms with E-state index in [4.69, 9.17) is 22.6 Å². The van der Waals surface area contributed by atoms with Crippen LogP contribution >= 0.6 is 11.6 Å². The van der Waals surface area contributed by atoms with Gasteiger partial charge >= 0.3 is 0 Å². The fourth-order valence-electron chi connectivity index (χ4n) is 1.30. The van der Waals surface area contributed by atoms with E-state index in [0.29, 0.717) is 16.3 Å². The van der Waals surface area contributed by atoms with Gasteiger partial charge < -0.3 is 11.1 Å². The van der Waals surface area contributed by atoms with Gasteiger partial charge in [-0.3, -0.25) is 4.79 Å². The first-order valence-electron chi connectivity index (χ1n) is 5.32. The molecular formula is C12H14ClN3O. The molecule has 0 spiro atoms. The van der Waals surface area contributed by atoms with E-state index in [9.17, 15) is 4.79 Å². The van der Waals surface area contributed by atoms with E-state index in [1.54, 1.807) is 18.2 Å². The number of nitrogens with zero attached hydrogens (tertiary/aromatic N) is 1. The van der Waals surface area contributed by atoms with Crippen LogP contribution in [0.2, 0.25) is 5.02 Å². The number of carbonyl (C=O) groups excluding carboxylic acids is 1. The van der Waals surface area contributed by atoms with Crippen molar-refractivity contribution in [2.45, 2.75) is 25.8 Å². The second-order valence-corrected chi connectivity index (χ2v) is 4.16. The molecule has 90 valence electrons.